The van der Waals surface area contributed by atoms with Crippen LogP contribution in [-0.2, 0) is 65.4 Å². The number of allylic oxidation sites excluding steroid dienone is 12. The summed E-state index contributed by atoms with van der Waals surface area (Å²) in [6.07, 6.45) is 71.6. The molecule has 0 aromatic heterocycles. The summed E-state index contributed by atoms with van der Waals surface area (Å²) in [5.41, 5.74) is 0. The largest absolute Gasteiger partial charge is 0.472 e. The first kappa shape index (κ1) is 94.5. The normalized spacial score (nSPS) is 14.3. The van der Waals surface area contributed by atoms with Crippen molar-refractivity contribution in [2.45, 2.75) is 367 Å². The Bertz CT molecular complexity index is 2140. The van der Waals surface area contributed by atoms with E-state index in [1.807, 2.05) is 0 Å². The van der Waals surface area contributed by atoms with E-state index in [0.717, 1.165) is 161 Å². The first-order valence-electron chi connectivity index (χ1n) is 39.2. The number of esters is 4. The second kappa shape index (κ2) is 71.9. The summed E-state index contributed by atoms with van der Waals surface area (Å²) in [5.74, 6) is -2.19. The second-order valence-electron chi connectivity index (χ2n) is 26.3. The monoisotopic (exact) mass is 1420 g/mol. The summed E-state index contributed by atoms with van der Waals surface area (Å²) in [4.78, 5) is 72.9. The zero-order valence-corrected chi connectivity index (χ0v) is 64.0. The van der Waals surface area contributed by atoms with E-state index < -0.39 is 97.5 Å². The maximum atomic E-state index is 13.1. The van der Waals surface area contributed by atoms with E-state index in [1.54, 1.807) is 0 Å². The summed E-state index contributed by atoms with van der Waals surface area (Å²) in [7, 11) is -9.95. The first-order chi connectivity index (χ1) is 47.7. The number of unbranched alkanes of at least 4 members (excludes halogenated alkanes) is 36. The van der Waals surface area contributed by atoms with Crippen LogP contribution in [0.3, 0.4) is 0 Å². The Morgan fingerprint density at radius 3 is 0.776 bits per heavy atom. The molecule has 0 saturated carbocycles. The molecular weight excluding hydrogens is 1280 g/mol. The number of rotatable bonds is 74. The molecule has 98 heavy (non-hydrogen) atoms. The van der Waals surface area contributed by atoms with E-state index in [0.29, 0.717) is 25.7 Å². The second-order valence-corrected chi connectivity index (χ2v) is 29.2. The van der Waals surface area contributed by atoms with Crippen LogP contribution >= 0.6 is 15.6 Å². The van der Waals surface area contributed by atoms with Gasteiger partial charge in [0.15, 0.2) is 12.2 Å². The molecule has 0 saturated heterocycles. The standard InChI is InChI=1S/C79H142O17P2/c1-5-9-13-17-21-25-29-33-36-40-43-47-51-55-59-63-76(81)89-69-74(95-78(83)65-61-57-53-49-45-39-32-28-24-20-16-12-8-4)71-93-97(85,86)91-67-73(80)68-92-98(87,88)94-72-75(96-79(84)66-62-58-54-50-46-42-38-35-31-27-23-19-15-11-7-3)70-90-77(82)64-60-56-52-48-44-41-37-34-30-26-22-18-14-10-6-2/h21-23,25-27,33-38,73-75,80H,5-20,24,28-32,39-72H2,1-4H3,(H,85,86)(H,87,88)/b25-21-,26-22-,27-23-,36-33-,37-34-,38-35-/t73-,74-,75-/m1/s1. The number of carbonyl (C=O) groups excluding carboxylic acids is 4. The van der Waals surface area contributed by atoms with Crippen molar-refractivity contribution in [3.8, 4) is 0 Å². The number of ether oxygens (including phenoxy) is 4. The van der Waals surface area contributed by atoms with Gasteiger partial charge in [-0.1, -0.05) is 274 Å². The third kappa shape index (κ3) is 70.9. The fourth-order valence-electron chi connectivity index (χ4n) is 10.6. The molecule has 0 fully saturated rings. The highest BCUT2D eigenvalue weighted by Crippen LogP contribution is 2.45. The maximum absolute atomic E-state index is 13.1. The van der Waals surface area contributed by atoms with Gasteiger partial charge in [0, 0.05) is 25.7 Å². The van der Waals surface area contributed by atoms with Crippen LogP contribution in [0.1, 0.15) is 349 Å². The molecule has 0 rings (SSSR count). The Morgan fingerprint density at radius 1 is 0.286 bits per heavy atom. The Balaban J connectivity index is 5.36. The number of hydrogen-bond donors (Lipinski definition) is 3. The van der Waals surface area contributed by atoms with Crippen LogP contribution in [0.15, 0.2) is 72.9 Å². The van der Waals surface area contributed by atoms with Crippen molar-refractivity contribution >= 4 is 39.5 Å². The Labute approximate surface area is 596 Å². The molecule has 0 radical (unpaired) electrons. The van der Waals surface area contributed by atoms with Crippen molar-refractivity contribution in [2.75, 3.05) is 39.6 Å². The van der Waals surface area contributed by atoms with Gasteiger partial charge >= 0.3 is 39.5 Å². The van der Waals surface area contributed by atoms with Gasteiger partial charge in [-0.05, 0) is 122 Å². The quantitative estimate of drug-likeness (QED) is 0.0169. The SMILES string of the molecule is CCCCC/C=C\C/C=C\CCCCCCCC(=O)OC[C@H](COP(=O)(O)OC[C@H](O)COP(=O)(O)OC[C@@H](COC(=O)CCCCCCC/C=C\C/C=C\CCCCC)OC(=O)CCCCCCCCCCCCCCC)OC(=O)CCCCCCC/C=C\C/C=C\CCCCC. The minimum Gasteiger partial charge on any atom is -0.462 e. The Morgan fingerprint density at radius 2 is 0.500 bits per heavy atom. The van der Waals surface area contributed by atoms with Crippen LogP contribution in [0.25, 0.3) is 0 Å². The number of aliphatic hydroxyl groups excluding tert-OH is 1. The molecule has 2 unspecified atom stereocenters. The van der Waals surface area contributed by atoms with Crippen molar-refractivity contribution < 1.29 is 80.2 Å². The van der Waals surface area contributed by atoms with E-state index in [4.69, 9.17) is 37.0 Å². The van der Waals surface area contributed by atoms with Crippen molar-refractivity contribution in [3.63, 3.8) is 0 Å². The van der Waals surface area contributed by atoms with Crippen LogP contribution in [0.2, 0.25) is 0 Å². The third-order valence-electron chi connectivity index (χ3n) is 16.6. The highest BCUT2D eigenvalue weighted by molar-refractivity contribution is 7.47. The summed E-state index contributed by atoms with van der Waals surface area (Å²) in [6, 6.07) is 0. The van der Waals surface area contributed by atoms with Crippen LogP contribution < -0.4 is 0 Å². The molecule has 0 heterocycles. The maximum Gasteiger partial charge on any atom is 0.472 e. The molecular formula is C79H142O17P2. The first-order valence-corrected chi connectivity index (χ1v) is 42.2. The zero-order valence-electron chi connectivity index (χ0n) is 62.2. The number of hydrogen-bond acceptors (Lipinski definition) is 15. The van der Waals surface area contributed by atoms with Gasteiger partial charge in [-0.2, -0.15) is 0 Å². The van der Waals surface area contributed by atoms with Gasteiger partial charge in [-0.3, -0.25) is 37.3 Å². The highest BCUT2D eigenvalue weighted by Gasteiger charge is 2.30. The molecule has 19 heteroatoms. The molecule has 3 N–H and O–H groups in total. The van der Waals surface area contributed by atoms with E-state index in [2.05, 4.69) is 101 Å². The molecule has 0 aromatic carbocycles. The molecule has 5 atom stereocenters. The van der Waals surface area contributed by atoms with Gasteiger partial charge < -0.3 is 33.8 Å². The van der Waals surface area contributed by atoms with Crippen LogP contribution in [0, 0.1) is 0 Å². The average molecular weight is 1430 g/mol. The average Bonchev–Trinajstić information content (AvgIpc) is 1.04. The molecule has 17 nitrogen and oxygen atoms in total. The number of phosphoric acid groups is 2. The Kier molecular flexibility index (Phi) is 69.3. The van der Waals surface area contributed by atoms with Gasteiger partial charge in [-0.25, -0.2) is 9.13 Å². The highest BCUT2D eigenvalue weighted by atomic mass is 31.2. The fraction of sp³-hybridized carbons (Fsp3) is 0.797. The number of aliphatic hydroxyl groups is 1. The van der Waals surface area contributed by atoms with E-state index in [9.17, 15) is 43.2 Å². The van der Waals surface area contributed by atoms with Crippen LogP contribution in [-0.4, -0.2) is 96.7 Å². The number of carbonyl (C=O) groups is 4. The fourth-order valence-corrected chi connectivity index (χ4v) is 12.2. The van der Waals surface area contributed by atoms with Gasteiger partial charge in [0.05, 0.1) is 26.4 Å². The molecule has 0 aliphatic carbocycles. The van der Waals surface area contributed by atoms with Crippen molar-refractivity contribution in [1.29, 1.82) is 0 Å². The van der Waals surface area contributed by atoms with E-state index >= 15 is 0 Å². The van der Waals surface area contributed by atoms with Gasteiger partial charge in [0.25, 0.3) is 0 Å². The molecule has 0 aromatic rings. The van der Waals surface area contributed by atoms with Crippen molar-refractivity contribution in [3.05, 3.63) is 72.9 Å². The van der Waals surface area contributed by atoms with Gasteiger partial charge in [0.2, 0.25) is 0 Å². The lowest BCUT2D eigenvalue weighted by molar-refractivity contribution is -0.161. The smallest absolute Gasteiger partial charge is 0.462 e. The summed E-state index contributed by atoms with van der Waals surface area (Å²) >= 11 is 0. The summed E-state index contributed by atoms with van der Waals surface area (Å²) < 4.78 is 68.5. The van der Waals surface area contributed by atoms with Crippen LogP contribution in [0.5, 0.6) is 0 Å². The molecule has 0 aliphatic heterocycles. The molecule has 0 amide bonds. The molecule has 570 valence electrons. The van der Waals surface area contributed by atoms with Gasteiger partial charge in [-0.15, -0.1) is 0 Å². The zero-order chi connectivity index (χ0) is 71.8. The number of phosphoric ester groups is 2. The van der Waals surface area contributed by atoms with E-state index in [1.165, 1.54) is 109 Å². The topological polar surface area (TPSA) is 237 Å². The molecule has 0 spiro atoms. The van der Waals surface area contributed by atoms with E-state index in [-0.39, 0.29) is 25.7 Å². The Hall–Kier alpha value is -3.50. The lowest BCUT2D eigenvalue weighted by atomic mass is 10.0. The molecule has 0 aliphatic rings. The minimum atomic E-state index is -4.98. The molecule has 0 bridgehead atoms. The summed E-state index contributed by atoms with van der Waals surface area (Å²) in [6.45, 7) is 4.80. The van der Waals surface area contributed by atoms with Crippen molar-refractivity contribution in [1.82, 2.24) is 0 Å². The predicted molar refractivity (Wildman–Crippen MR) is 400 cm³/mol. The van der Waals surface area contributed by atoms with Gasteiger partial charge in [0.1, 0.15) is 19.3 Å². The predicted octanol–water partition coefficient (Wildman–Crippen LogP) is 22.4. The third-order valence-corrected chi connectivity index (χ3v) is 18.5. The lowest BCUT2D eigenvalue weighted by Crippen LogP contribution is -2.30. The summed E-state index contributed by atoms with van der Waals surface area (Å²) in [5, 5.41) is 10.6. The minimum absolute atomic E-state index is 0.0782. The van der Waals surface area contributed by atoms with Crippen LogP contribution in [0.4, 0.5) is 0 Å². The lowest BCUT2D eigenvalue weighted by Gasteiger charge is -2.21. The van der Waals surface area contributed by atoms with Crippen molar-refractivity contribution in [2.24, 2.45) is 0 Å².